The number of carbonyl (C=O) groups is 2. The van der Waals surface area contributed by atoms with Crippen LogP contribution in [0.4, 0.5) is 5.69 Å². The van der Waals surface area contributed by atoms with Gasteiger partial charge in [-0.05, 0) is 54.5 Å². The lowest BCUT2D eigenvalue weighted by Gasteiger charge is -2.37. The average Bonchev–Trinajstić information content (AvgIpc) is 3.10. The number of carbonyl (C=O) groups excluding carboxylic acids is 2. The lowest BCUT2D eigenvalue weighted by atomic mass is 9.92. The van der Waals surface area contributed by atoms with Crippen molar-refractivity contribution in [2.45, 2.75) is 58.3 Å². The molecule has 5 N–H and O–H groups in total. The largest absolute Gasteiger partial charge is 0.387 e. The average molecular weight is 624 g/mol. The molecule has 0 bridgehead atoms. The van der Waals surface area contributed by atoms with Crippen LogP contribution in [0.2, 0.25) is 0 Å². The van der Waals surface area contributed by atoms with Crippen molar-refractivity contribution in [1.29, 1.82) is 0 Å². The number of benzene rings is 1. The monoisotopic (exact) mass is 623 g/mol. The number of aromatic nitrogens is 1. The summed E-state index contributed by atoms with van der Waals surface area (Å²) >= 11 is 0. The number of fused-ring (bicyclic) bond motifs is 1. The summed E-state index contributed by atoms with van der Waals surface area (Å²) in [7, 11) is -3.66. The van der Waals surface area contributed by atoms with Crippen molar-refractivity contribution >= 4 is 39.4 Å². The molecule has 4 rings (SSSR count). The van der Waals surface area contributed by atoms with E-state index >= 15 is 0 Å². The predicted molar refractivity (Wildman–Crippen MR) is 173 cm³/mol. The van der Waals surface area contributed by atoms with E-state index in [1.807, 2.05) is 52.0 Å². The van der Waals surface area contributed by atoms with E-state index < -0.39 is 10.0 Å². The maximum absolute atomic E-state index is 13.6. The van der Waals surface area contributed by atoms with Crippen molar-refractivity contribution in [3.05, 3.63) is 47.8 Å². The van der Waals surface area contributed by atoms with E-state index in [4.69, 9.17) is 11.5 Å². The number of nitrogens with one attached hydrogen (secondary N) is 1. The fraction of sp³-hybridized carbons (Fsp3) is 0.500. The number of hydrogen-bond donors (Lipinski definition) is 3. The molecule has 0 saturated carbocycles. The van der Waals surface area contributed by atoms with Gasteiger partial charge in [0.1, 0.15) is 10.7 Å². The first kappa shape index (κ1) is 33.3. The van der Waals surface area contributed by atoms with Crippen LogP contribution in [0.15, 0.2) is 52.1 Å². The third-order valence-electron chi connectivity index (χ3n) is 7.61. The molecule has 2 amide bonds. The summed E-state index contributed by atoms with van der Waals surface area (Å²) in [5, 5.41) is 2.96. The van der Waals surface area contributed by atoms with E-state index in [9.17, 15) is 18.0 Å². The minimum absolute atomic E-state index is 0.0123. The first-order chi connectivity index (χ1) is 20.8. The summed E-state index contributed by atoms with van der Waals surface area (Å²) in [6.07, 6.45) is 6.90. The molecule has 1 saturated heterocycles. The number of nitrogens with zero attached hydrogens (tertiary/aromatic N) is 4. The molecule has 0 unspecified atom stereocenters. The molecule has 0 atom stereocenters. The second-order valence-corrected chi connectivity index (χ2v) is 14.7. The number of nitrogens with two attached hydrogens (primary N) is 2. The first-order valence-corrected chi connectivity index (χ1v) is 16.6. The Labute approximate surface area is 260 Å². The molecule has 44 heavy (non-hydrogen) atoms. The summed E-state index contributed by atoms with van der Waals surface area (Å²) in [5.41, 5.74) is 15.1. The van der Waals surface area contributed by atoms with Crippen molar-refractivity contribution in [2.75, 3.05) is 39.3 Å². The van der Waals surface area contributed by atoms with Crippen LogP contribution in [0, 0.1) is 11.3 Å². The van der Waals surface area contributed by atoms with E-state index in [1.54, 1.807) is 17.2 Å². The van der Waals surface area contributed by atoms with Crippen LogP contribution in [0.3, 0.4) is 0 Å². The minimum atomic E-state index is -3.66. The minimum Gasteiger partial charge on any atom is -0.387 e. The maximum atomic E-state index is 13.6. The van der Waals surface area contributed by atoms with Gasteiger partial charge < -0.3 is 21.7 Å². The highest BCUT2D eigenvalue weighted by molar-refractivity contribution is 7.89. The van der Waals surface area contributed by atoms with E-state index in [2.05, 4.69) is 15.3 Å². The first-order valence-electron chi connectivity index (χ1n) is 15.2. The maximum Gasteiger partial charge on any atom is 0.250 e. The van der Waals surface area contributed by atoms with Crippen LogP contribution >= 0.6 is 0 Å². The van der Waals surface area contributed by atoms with Gasteiger partial charge in [-0.1, -0.05) is 39.8 Å². The number of rotatable bonds is 12. The molecule has 2 aromatic rings. The molecular formula is C32H45N7O4S. The summed E-state index contributed by atoms with van der Waals surface area (Å²) in [4.78, 5) is 36.5. The SMILES string of the molecule is CCCN(CCCNC(=O)CC(C)(C)C)C(=O)C1=Cc2ccc(-c3cncc(S(=O)(=O)N4CC(CN)C4)c3)cc2N=C(N)C1. The van der Waals surface area contributed by atoms with Crippen LogP contribution in [0.25, 0.3) is 17.2 Å². The van der Waals surface area contributed by atoms with Gasteiger partial charge in [-0.2, -0.15) is 4.31 Å². The van der Waals surface area contributed by atoms with Crippen LogP contribution in [0.1, 0.15) is 58.9 Å². The van der Waals surface area contributed by atoms with Crippen molar-refractivity contribution in [1.82, 2.24) is 19.5 Å². The van der Waals surface area contributed by atoms with Gasteiger partial charge in [-0.3, -0.25) is 14.6 Å². The van der Waals surface area contributed by atoms with Gasteiger partial charge >= 0.3 is 0 Å². The zero-order valence-electron chi connectivity index (χ0n) is 26.2. The molecule has 11 nitrogen and oxygen atoms in total. The zero-order chi connectivity index (χ0) is 32.1. The van der Waals surface area contributed by atoms with Gasteiger partial charge in [0.05, 0.1) is 5.69 Å². The summed E-state index contributed by atoms with van der Waals surface area (Å²) in [5.74, 6) is 0.401. The molecule has 2 aliphatic rings. The Morgan fingerprint density at radius 3 is 2.55 bits per heavy atom. The standard InChI is InChI=1S/C32H45N7O4S/c1-5-10-38(11-6-9-36-30(40)16-32(2,3)4)31(41)25-12-24-8-7-23(14-28(24)37-29(34)15-25)26-13-27(19-35-18-26)44(42,43)39-20-22(17-33)21-39/h7-8,12-14,18-19,22H,5-6,9-11,15-17,20-21,33H2,1-4H3,(H2,34,37)(H,36,40). The lowest BCUT2D eigenvalue weighted by Crippen LogP contribution is -2.52. The molecule has 3 heterocycles. The van der Waals surface area contributed by atoms with Crippen LogP contribution in [-0.4, -0.2) is 79.5 Å². The molecule has 0 aliphatic carbocycles. The van der Waals surface area contributed by atoms with Gasteiger partial charge in [0.2, 0.25) is 21.8 Å². The van der Waals surface area contributed by atoms with Crippen molar-refractivity contribution < 1.29 is 18.0 Å². The number of amides is 2. The normalized spacial score (nSPS) is 15.8. The number of amidine groups is 1. The second-order valence-electron chi connectivity index (χ2n) is 12.8. The van der Waals surface area contributed by atoms with Crippen molar-refractivity contribution in [3.8, 4) is 11.1 Å². The fourth-order valence-electron chi connectivity index (χ4n) is 5.27. The lowest BCUT2D eigenvalue weighted by molar-refractivity contribution is -0.127. The van der Waals surface area contributed by atoms with E-state index in [-0.39, 0.29) is 34.5 Å². The molecule has 12 heteroatoms. The molecule has 1 fully saturated rings. The highest BCUT2D eigenvalue weighted by Crippen LogP contribution is 2.33. The van der Waals surface area contributed by atoms with Crippen LogP contribution in [-0.2, 0) is 19.6 Å². The Morgan fingerprint density at radius 1 is 1.11 bits per heavy atom. The van der Waals surface area contributed by atoms with Crippen LogP contribution in [0.5, 0.6) is 0 Å². The Hall–Kier alpha value is -3.61. The smallest absolute Gasteiger partial charge is 0.250 e. The Bertz CT molecular complexity index is 1540. The third-order valence-corrected chi connectivity index (χ3v) is 9.41. The van der Waals surface area contributed by atoms with Gasteiger partial charge in [-0.15, -0.1) is 0 Å². The molecule has 0 spiro atoms. The van der Waals surface area contributed by atoms with Crippen molar-refractivity contribution in [2.24, 2.45) is 27.8 Å². The number of pyridine rings is 1. The van der Waals surface area contributed by atoms with Crippen LogP contribution < -0.4 is 16.8 Å². The molecule has 1 aromatic carbocycles. The van der Waals surface area contributed by atoms with E-state index in [0.717, 1.165) is 17.5 Å². The number of sulfonamides is 1. The summed E-state index contributed by atoms with van der Waals surface area (Å²) < 4.78 is 27.6. The molecule has 0 radical (unpaired) electrons. The molecule has 2 aliphatic heterocycles. The second kappa shape index (κ2) is 14.0. The van der Waals surface area contributed by atoms with Gasteiger partial charge in [0.25, 0.3) is 0 Å². The topological polar surface area (TPSA) is 164 Å². The fourth-order valence-corrected chi connectivity index (χ4v) is 6.85. The van der Waals surface area contributed by atoms with E-state index in [0.29, 0.717) is 74.8 Å². The van der Waals surface area contributed by atoms with Gasteiger partial charge in [-0.25, -0.2) is 13.4 Å². The molecular weight excluding hydrogens is 578 g/mol. The number of aliphatic imine (C=N–C) groups is 1. The quantitative estimate of drug-likeness (QED) is 0.305. The Morgan fingerprint density at radius 2 is 1.86 bits per heavy atom. The Balaban J connectivity index is 1.49. The predicted octanol–water partition coefficient (Wildman–Crippen LogP) is 3.28. The third kappa shape index (κ3) is 8.30. The number of hydrogen-bond acceptors (Lipinski definition) is 8. The molecule has 1 aromatic heterocycles. The highest BCUT2D eigenvalue weighted by atomic mass is 32.2. The van der Waals surface area contributed by atoms with E-state index in [1.165, 1.54) is 10.5 Å². The zero-order valence-corrected chi connectivity index (χ0v) is 27.0. The highest BCUT2D eigenvalue weighted by Gasteiger charge is 2.36. The Kier molecular flexibility index (Phi) is 10.6. The van der Waals surface area contributed by atoms with Gasteiger partial charge in [0.15, 0.2) is 0 Å². The van der Waals surface area contributed by atoms with Gasteiger partial charge in [0, 0.05) is 74.7 Å². The van der Waals surface area contributed by atoms with Crippen molar-refractivity contribution in [3.63, 3.8) is 0 Å². The molecule has 238 valence electrons. The summed E-state index contributed by atoms with van der Waals surface area (Å²) in [6, 6.07) is 7.16. The summed E-state index contributed by atoms with van der Waals surface area (Å²) in [6.45, 7) is 11.0.